The average molecular weight is 219 g/mol. The maximum atomic E-state index is 12.0. The fraction of sp³-hybridized carbons (Fsp3) is 0.462. The van der Waals surface area contributed by atoms with Crippen molar-refractivity contribution in [3.63, 3.8) is 0 Å². The third-order valence-electron chi connectivity index (χ3n) is 3.11. The van der Waals surface area contributed by atoms with E-state index in [0.29, 0.717) is 6.54 Å². The van der Waals surface area contributed by atoms with Gasteiger partial charge in [-0.3, -0.25) is 4.79 Å². The molecule has 0 aromatic heterocycles. The van der Waals surface area contributed by atoms with Gasteiger partial charge in [-0.2, -0.15) is 0 Å². The first-order valence-electron chi connectivity index (χ1n) is 5.58. The minimum absolute atomic E-state index is 0.0237. The number of allylic oxidation sites excluding steroid dienone is 3. The van der Waals surface area contributed by atoms with Crippen LogP contribution in [0.15, 0.2) is 36.0 Å². The molecule has 1 amide bonds. The van der Waals surface area contributed by atoms with Crippen LogP contribution < -0.4 is 0 Å². The Morgan fingerprint density at radius 1 is 1.44 bits per heavy atom. The summed E-state index contributed by atoms with van der Waals surface area (Å²) in [5.74, 6) is -0.232. The number of nitrogens with zero attached hydrogens (tertiary/aromatic N) is 1. The summed E-state index contributed by atoms with van der Waals surface area (Å²) in [6, 6.07) is 0. The van der Waals surface area contributed by atoms with E-state index in [1.807, 2.05) is 44.2 Å². The molecule has 0 saturated carbocycles. The van der Waals surface area contributed by atoms with Crippen LogP contribution in [-0.2, 0) is 4.79 Å². The molecule has 3 atom stereocenters. The zero-order valence-corrected chi connectivity index (χ0v) is 9.63. The molecule has 1 heterocycles. The zero-order valence-electron chi connectivity index (χ0n) is 9.63. The van der Waals surface area contributed by atoms with E-state index in [0.717, 1.165) is 5.57 Å². The third kappa shape index (κ3) is 1.83. The van der Waals surface area contributed by atoms with Crippen LogP contribution in [0.3, 0.4) is 0 Å². The second kappa shape index (κ2) is 4.26. The van der Waals surface area contributed by atoms with Gasteiger partial charge in [0, 0.05) is 12.5 Å². The first kappa shape index (κ1) is 11.1. The van der Waals surface area contributed by atoms with Gasteiger partial charge in [0.15, 0.2) is 0 Å². The van der Waals surface area contributed by atoms with Gasteiger partial charge in [-0.05, 0) is 13.8 Å². The smallest absolute Gasteiger partial charge is 0.232 e. The van der Waals surface area contributed by atoms with Crippen molar-refractivity contribution in [2.75, 3.05) is 6.54 Å². The van der Waals surface area contributed by atoms with Crippen LogP contribution in [0.1, 0.15) is 13.8 Å². The Labute approximate surface area is 95.8 Å². The lowest BCUT2D eigenvalue weighted by atomic mass is 9.90. The van der Waals surface area contributed by atoms with Crippen LogP contribution in [0.2, 0.25) is 0 Å². The maximum absolute atomic E-state index is 12.0. The monoisotopic (exact) mass is 219 g/mol. The number of hydrogen-bond donors (Lipinski definition) is 1. The summed E-state index contributed by atoms with van der Waals surface area (Å²) < 4.78 is 0. The molecule has 1 saturated heterocycles. The first-order valence-corrected chi connectivity index (χ1v) is 5.58. The summed E-state index contributed by atoms with van der Waals surface area (Å²) in [6.07, 6.45) is 8.83. The summed E-state index contributed by atoms with van der Waals surface area (Å²) in [4.78, 5) is 13.6. The van der Waals surface area contributed by atoms with E-state index in [-0.39, 0.29) is 17.7 Å². The minimum Gasteiger partial charge on any atom is -0.373 e. The normalized spacial score (nSPS) is 31.8. The molecule has 0 aromatic rings. The van der Waals surface area contributed by atoms with Gasteiger partial charge in [0.2, 0.25) is 5.91 Å². The SMILES string of the molecule is CC(C)=CCN1C(=O)C2C=CC=CC2C1O. The van der Waals surface area contributed by atoms with E-state index in [9.17, 15) is 9.90 Å². The van der Waals surface area contributed by atoms with Crippen molar-refractivity contribution in [2.45, 2.75) is 20.1 Å². The lowest BCUT2D eigenvalue weighted by molar-refractivity contribution is -0.134. The molecule has 3 heteroatoms. The molecule has 3 unspecified atom stereocenters. The number of hydrogen-bond acceptors (Lipinski definition) is 2. The molecule has 16 heavy (non-hydrogen) atoms. The van der Waals surface area contributed by atoms with E-state index in [4.69, 9.17) is 0 Å². The number of rotatable bonds is 2. The molecule has 0 radical (unpaired) electrons. The van der Waals surface area contributed by atoms with Crippen molar-refractivity contribution >= 4 is 5.91 Å². The predicted molar refractivity (Wildman–Crippen MR) is 62.4 cm³/mol. The van der Waals surface area contributed by atoms with E-state index in [1.54, 1.807) is 4.90 Å². The zero-order chi connectivity index (χ0) is 11.7. The molecule has 0 spiro atoms. The second-order valence-corrected chi connectivity index (χ2v) is 4.56. The largest absolute Gasteiger partial charge is 0.373 e. The number of aliphatic hydroxyl groups is 1. The van der Waals surface area contributed by atoms with Crippen molar-refractivity contribution < 1.29 is 9.90 Å². The third-order valence-corrected chi connectivity index (χ3v) is 3.11. The van der Waals surface area contributed by atoms with Crippen LogP contribution in [0.5, 0.6) is 0 Å². The van der Waals surface area contributed by atoms with E-state index in [2.05, 4.69) is 0 Å². The maximum Gasteiger partial charge on any atom is 0.232 e. The first-order chi connectivity index (χ1) is 7.61. The van der Waals surface area contributed by atoms with Gasteiger partial charge >= 0.3 is 0 Å². The van der Waals surface area contributed by atoms with Crippen LogP contribution in [0, 0.1) is 11.8 Å². The van der Waals surface area contributed by atoms with Gasteiger partial charge in [0.1, 0.15) is 6.23 Å². The molecule has 1 fully saturated rings. The van der Waals surface area contributed by atoms with E-state index in [1.165, 1.54) is 0 Å². The molecular formula is C13H17NO2. The number of likely N-dealkylation sites (tertiary alicyclic amines) is 1. The molecule has 0 bridgehead atoms. The molecule has 86 valence electrons. The Kier molecular flexibility index (Phi) is 2.97. The van der Waals surface area contributed by atoms with Crippen molar-refractivity contribution in [1.29, 1.82) is 0 Å². The highest BCUT2D eigenvalue weighted by molar-refractivity contribution is 5.84. The highest BCUT2D eigenvalue weighted by Gasteiger charge is 2.44. The molecular weight excluding hydrogens is 202 g/mol. The van der Waals surface area contributed by atoms with Gasteiger partial charge in [0.25, 0.3) is 0 Å². The second-order valence-electron chi connectivity index (χ2n) is 4.56. The summed E-state index contributed by atoms with van der Waals surface area (Å²) in [5, 5.41) is 10.1. The number of amides is 1. The Balaban J connectivity index is 2.16. The van der Waals surface area contributed by atoms with Gasteiger partial charge in [0.05, 0.1) is 5.92 Å². The Morgan fingerprint density at radius 2 is 2.12 bits per heavy atom. The van der Waals surface area contributed by atoms with Crippen LogP contribution in [0.25, 0.3) is 0 Å². The molecule has 2 aliphatic rings. The highest BCUT2D eigenvalue weighted by Crippen LogP contribution is 2.33. The van der Waals surface area contributed by atoms with Gasteiger partial charge < -0.3 is 10.0 Å². The fourth-order valence-electron chi connectivity index (χ4n) is 2.16. The molecule has 1 aliphatic carbocycles. The average Bonchev–Trinajstić information content (AvgIpc) is 2.50. The standard InChI is InChI=1S/C13H17NO2/c1-9(2)7-8-14-12(15)10-5-3-4-6-11(10)13(14)16/h3-7,10-12,15H,8H2,1-2H3. The Hall–Kier alpha value is -1.35. The topological polar surface area (TPSA) is 40.5 Å². The fourth-order valence-corrected chi connectivity index (χ4v) is 2.16. The summed E-state index contributed by atoms with van der Waals surface area (Å²) in [6.45, 7) is 4.47. The van der Waals surface area contributed by atoms with Crippen molar-refractivity contribution in [2.24, 2.45) is 11.8 Å². The minimum atomic E-state index is -0.686. The van der Waals surface area contributed by atoms with Crippen LogP contribution in [0.4, 0.5) is 0 Å². The van der Waals surface area contributed by atoms with Crippen LogP contribution >= 0.6 is 0 Å². The summed E-state index contributed by atoms with van der Waals surface area (Å²) in [5.41, 5.74) is 1.15. The van der Waals surface area contributed by atoms with Crippen LogP contribution in [-0.4, -0.2) is 28.7 Å². The molecule has 0 aromatic carbocycles. The Morgan fingerprint density at radius 3 is 2.75 bits per heavy atom. The van der Waals surface area contributed by atoms with Crippen molar-refractivity contribution in [3.05, 3.63) is 36.0 Å². The number of carbonyl (C=O) groups is 1. The quantitative estimate of drug-likeness (QED) is 0.714. The highest BCUT2D eigenvalue weighted by atomic mass is 16.3. The lowest BCUT2D eigenvalue weighted by Gasteiger charge is -2.21. The molecule has 2 rings (SSSR count). The summed E-state index contributed by atoms with van der Waals surface area (Å²) in [7, 11) is 0. The Bertz CT molecular complexity index is 377. The molecule has 1 N–H and O–H groups in total. The van der Waals surface area contributed by atoms with Gasteiger partial charge in [-0.15, -0.1) is 0 Å². The van der Waals surface area contributed by atoms with Gasteiger partial charge in [-0.1, -0.05) is 36.0 Å². The predicted octanol–water partition coefficient (Wildman–Crippen LogP) is 1.47. The number of carbonyl (C=O) groups excluding carboxylic acids is 1. The van der Waals surface area contributed by atoms with E-state index >= 15 is 0 Å². The van der Waals surface area contributed by atoms with Crippen molar-refractivity contribution in [1.82, 2.24) is 4.90 Å². The lowest BCUT2D eigenvalue weighted by Crippen LogP contribution is -2.35. The van der Waals surface area contributed by atoms with E-state index < -0.39 is 6.23 Å². The summed E-state index contributed by atoms with van der Waals surface area (Å²) >= 11 is 0. The molecule has 3 nitrogen and oxygen atoms in total. The molecule has 1 aliphatic heterocycles. The number of fused-ring (bicyclic) bond motifs is 1. The van der Waals surface area contributed by atoms with Gasteiger partial charge in [-0.25, -0.2) is 0 Å². The number of aliphatic hydroxyl groups excluding tert-OH is 1. The van der Waals surface area contributed by atoms with Crippen molar-refractivity contribution in [3.8, 4) is 0 Å².